The smallest absolute Gasteiger partial charge is 0.251 e. The van der Waals surface area contributed by atoms with Gasteiger partial charge in [0.1, 0.15) is 5.75 Å². The van der Waals surface area contributed by atoms with Crippen LogP contribution in [-0.4, -0.2) is 28.3 Å². The molecule has 0 aliphatic carbocycles. The van der Waals surface area contributed by atoms with Crippen LogP contribution >= 0.6 is 11.6 Å². The van der Waals surface area contributed by atoms with Crippen LogP contribution in [-0.2, 0) is 0 Å². The zero-order valence-electron chi connectivity index (χ0n) is 9.83. The van der Waals surface area contributed by atoms with Crippen LogP contribution in [0.25, 0.3) is 0 Å². The predicted octanol–water partition coefficient (Wildman–Crippen LogP) is 1.94. The van der Waals surface area contributed by atoms with E-state index >= 15 is 0 Å². The molecule has 94 valence electrons. The molecule has 0 aliphatic heterocycles. The molecule has 3 N–H and O–H groups in total. The van der Waals surface area contributed by atoms with Gasteiger partial charge in [-0.25, -0.2) is 0 Å². The zero-order valence-corrected chi connectivity index (χ0v) is 10.6. The first-order valence-electron chi connectivity index (χ1n) is 5.34. The first-order chi connectivity index (χ1) is 7.91. The zero-order chi connectivity index (χ0) is 13.1. The summed E-state index contributed by atoms with van der Waals surface area (Å²) in [6, 6.07) is 4.23. The van der Waals surface area contributed by atoms with E-state index in [0.717, 1.165) is 0 Å². The largest absolute Gasteiger partial charge is 0.506 e. The molecule has 5 heteroatoms. The van der Waals surface area contributed by atoms with Crippen molar-refractivity contribution in [1.82, 2.24) is 5.32 Å². The minimum atomic E-state index is -0.651. The van der Waals surface area contributed by atoms with E-state index in [4.69, 9.17) is 11.6 Å². The normalized spacial score (nSPS) is 14.1. The van der Waals surface area contributed by atoms with Crippen molar-refractivity contribution in [3.8, 4) is 5.75 Å². The maximum absolute atomic E-state index is 11.9. The molecule has 1 amide bonds. The molecule has 1 aromatic rings. The van der Waals surface area contributed by atoms with Crippen molar-refractivity contribution in [1.29, 1.82) is 0 Å². The van der Waals surface area contributed by atoms with E-state index in [1.165, 1.54) is 18.2 Å². The highest BCUT2D eigenvalue weighted by atomic mass is 35.5. The van der Waals surface area contributed by atoms with Gasteiger partial charge in [0.05, 0.1) is 17.2 Å². The Hall–Kier alpha value is -1.26. The first-order valence-corrected chi connectivity index (χ1v) is 5.71. The Kier molecular flexibility index (Phi) is 4.37. The van der Waals surface area contributed by atoms with E-state index in [-0.39, 0.29) is 23.3 Å². The molecule has 0 aliphatic rings. The van der Waals surface area contributed by atoms with Gasteiger partial charge < -0.3 is 15.5 Å². The lowest BCUT2D eigenvalue weighted by atomic mass is 9.99. The molecule has 0 spiro atoms. The molecule has 0 saturated carbocycles. The number of benzene rings is 1. The van der Waals surface area contributed by atoms with Crippen LogP contribution in [0.4, 0.5) is 0 Å². The molecular weight excluding hydrogens is 242 g/mol. The van der Waals surface area contributed by atoms with Crippen molar-refractivity contribution in [2.45, 2.75) is 25.8 Å². The van der Waals surface area contributed by atoms with Gasteiger partial charge in [-0.2, -0.15) is 0 Å². The lowest BCUT2D eigenvalue weighted by Gasteiger charge is -2.27. The summed E-state index contributed by atoms with van der Waals surface area (Å²) in [5.74, 6) is -0.395. The Morgan fingerprint density at radius 1 is 1.53 bits per heavy atom. The van der Waals surface area contributed by atoms with Crippen LogP contribution in [0.15, 0.2) is 18.2 Å². The van der Waals surface area contributed by atoms with Crippen LogP contribution < -0.4 is 5.32 Å². The van der Waals surface area contributed by atoms with Crippen molar-refractivity contribution < 1.29 is 15.0 Å². The third-order valence-electron chi connectivity index (χ3n) is 2.75. The first kappa shape index (κ1) is 13.8. The fourth-order valence-electron chi connectivity index (χ4n) is 1.23. The summed E-state index contributed by atoms with van der Waals surface area (Å²) in [6.07, 6.45) is 0.612. The number of aliphatic hydroxyl groups is 1. The molecule has 1 unspecified atom stereocenters. The summed E-state index contributed by atoms with van der Waals surface area (Å²) in [7, 11) is 0. The van der Waals surface area contributed by atoms with Gasteiger partial charge in [-0.3, -0.25) is 4.79 Å². The molecular formula is C12H16ClNO3. The summed E-state index contributed by atoms with van der Waals surface area (Å²) in [6.45, 7) is 3.49. The van der Waals surface area contributed by atoms with E-state index in [9.17, 15) is 15.0 Å². The highest BCUT2D eigenvalue weighted by molar-refractivity contribution is 6.32. The summed E-state index contributed by atoms with van der Waals surface area (Å²) < 4.78 is 0. The summed E-state index contributed by atoms with van der Waals surface area (Å²) in [5, 5.41) is 21.3. The summed E-state index contributed by atoms with van der Waals surface area (Å²) >= 11 is 5.72. The molecule has 17 heavy (non-hydrogen) atoms. The molecule has 1 rings (SSSR count). The Morgan fingerprint density at radius 2 is 2.18 bits per heavy atom. The second kappa shape index (κ2) is 5.38. The SMILES string of the molecule is CCC(C)(CO)NC(=O)c1ccc(O)c(Cl)c1. The summed E-state index contributed by atoms with van der Waals surface area (Å²) in [5.41, 5.74) is -0.303. The predicted molar refractivity (Wildman–Crippen MR) is 66.4 cm³/mol. The van der Waals surface area contributed by atoms with Crippen molar-refractivity contribution in [2.24, 2.45) is 0 Å². The fourth-order valence-corrected chi connectivity index (χ4v) is 1.41. The molecule has 0 heterocycles. The maximum atomic E-state index is 11.9. The Morgan fingerprint density at radius 3 is 2.65 bits per heavy atom. The van der Waals surface area contributed by atoms with Crippen LogP contribution in [0.3, 0.4) is 0 Å². The lowest BCUT2D eigenvalue weighted by molar-refractivity contribution is 0.0847. The van der Waals surface area contributed by atoms with Gasteiger partial charge in [-0.1, -0.05) is 18.5 Å². The van der Waals surface area contributed by atoms with Crippen LogP contribution in [0.2, 0.25) is 5.02 Å². The van der Waals surface area contributed by atoms with Crippen LogP contribution in [0, 0.1) is 0 Å². The number of halogens is 1. The minimum Gasteiger partial charge on any atom is -0.506 e. The number of carbonyl (C=O) groups is 1. The number of rotatable bonds is 4. The maximum Gasteiger partial charge on any atom is 0.251 e. The fraction of sp³-hybridized carbons (Fsp3) is 0.417. The highest BCUT2D eigenvalue weighted by Crippen LogP contribution is 2.23. The molecule has 0 radical (unpaired) electrons. The van der Waals surface area contributed by atoms with E-state index in [2.05, 4.69) is 5.32 Å². The van der Waals surface area contributed by atoms with Gasteiger partial charge in [0.25, 0.3) is 5.91 Å². The van der Waals surface area contributed by atoms with E-state index in [0.29, 0.717) is 12.0 Å². The number of nitrogens with one attached hydrogen (secondary N) is 1. The van der Waals surface area contributed by atoms with Crippen molar-refractivity contribution in [3.63, 3.8) is 0 Å². The van der Waals surface area contributed by atoms with Gasteiger partial charge in [0.2, 0.25) is 0 Å². The molecule has 4 nitrogen and oxygen atoms in total. The number of phenols is 1. The molecule has 0 fully saturated rings. The van der Waals surface area contributed by atoms with Crippen molar-refractivity contribution in [2.75, 3.05) is 6.61 Å². The number of aliphatic hydroxyl groups excluding tert-OH is 1. The number of phenolic OH excluding ortho intramolecular Hbond substituents is 1. The van der Waals surface area contributed by atoms with Gasteiger partial charge in [0.15, 0.2) is 0 Å². The number of carbonyl (C=O) groups excluding carboxylic acids is 1. The van der Waals surface area contributed by atoms with Crippen LogP contribution in [0.5, 0.6) is 5.75 Å². The number of hydrogen-bond donors (Lipinski definition) is 3. The molecule has 0 aromatic heterocycles. The average molecular weight is 258 g/mol. The lowest BCUT2D eigenvalue weighted by Crippen LogP contribution is -2.48. The monoisotopic (exact) mass is 257 g/mol. The third-order valence-corrected chi connectivity index (χ3v) is 3.06. The number of aromatic hydroxyl groups is 1. The number of amides is 1. The minimum absolute atomic E-state index is 0.0661. The number of hydrogen-bond acceptors (Lipinski definition) is 3. The Bertz CT molecular complexity index is 416. The Balaban J connectivity index is 2.86. The standard InChI is InChI=1S/C12H16ClNO3/c1-3-12(2,7-15)14-11(17)8-4-5-10(16)9(13)6-8/h4-6,15-16H,3,7H2,1-2H3,(H,14,17). The Labute approximate surface area is 105 Å². The molecule has 1 aromatic carbocycles. The van der Waals surface area contributed by atoms with Gasteiger partial charge in [0, 0.05) is 5.56 Å². The third kappa shape index (κ3) is 3.35. The summed E-state index contributed by atoms with van der Waals surface area (Å²) in [4.78, 5) is 11.9. The second-order valence-corrected chi connectivity index (χ2v) is 4.60. The highest BCUT2D eigenvalue weighted by Gasteiger charge is 2.23. The quantitative estimate of drug-likeness (QED) is 0.772. The second-order valence-electron chi connectivity index (χ2n) is 4.19. The molecule has 1 atom stereocenters. The van der Waals surface area contributed by atoms with Crippen molar-refractivity contribution >= 4 is 17.5 Å². The van der Waals surface area contributed by atoms with E-state index < -0.39 is 5.54 Å². The van der Waals surface area contributed by atoms with Gasteiger partial charge in [-0.15, -0.1) is 0 Å². The van der Waals surface area contributed by atoms with Crippen molar-refractivity contribution in [3.05, 3.63) is 28.8 Å². The topological polar surface area (TPSA) is 69.6 Å². The van der Waals surface area contributed by atoms with Gasteiger partial charge in [-0.05, 0) is 31.5 Å². The van der Waals surface area contributed by atoms with Gasteiger partial charge >= 0.3 is 0 Å². The molecule has 0 saturated heterocycles. The van der Waals surface area contributed by atoms with E-state index in [1.807, 2.05) is 6.92 Å². The average Bonchev–Trinajstić information content (AvgIpc) is 2.32. The van der Waals surface area contributed by atoms with E-state index in [1.54, 1.807) is 6.92 Å². The van der Waals surface area contributed by atoms with Crippen LogP contribution in [0.1, 0.15) is 30.6 Å². The molecule has 0 bridgehead atoms.